The first kappa shape index (κ1) is 13.6. The van der Waals surface area contributed by atoms with Crippen LogP contribution in [0, 0.1) is 5.92 Å². The van der Waals surface area contributed by atoms with E-state index in [1.54, 1.807) is 17.3 Å². The lowest BCUT2D eigenvalue weighted by atomic mass is 10.1. The molecule has 0 aliphatic heterocycles. The van der Waals surface area contributed by atoms with Gasteiger partial charge in [-0.15, -0.1) is 0 Å². The van der Waals surface area contributed by atoms with E-state index >= 15 is 0 Å². The quantitative estimate of drug-likeness (QED) is 0.802. The number of amides is 1. The highest BCUT2D eigenvalue weighted by molar-refractivity contribution is 5.78. The number of rotatable bonds is 6. The van der Waals surface area contributed by atoms with Gasteiger partial charge in [0.25, 0.3) is 0 Å². The van der Waals surface area contributed by atoms with Gasteiger partial charge in [0.1, 0.15) is 0 Å². The molecule has 1 aromatic heterocycles. The lowest BCUT2D eigenvalue weighted by Gasteiger charge is -2.21. The Labute approximate surface area is 103 Å². The molecule has 0 saturated heterocycles. The van der Waals surface area contributed by atoms with E-state index in [9.17, 15) is 4.79 Å². The number of hydrogen-bond acceptors (Lipinski definition) is 3. The lowest BCUT2D eigenvalue weighted by Crippen LogP contribution is -2.34. The molecule has 1 atom stereocenters. The van der Waals surface area contributed by atoms with E-state index in [0.29, 0.717) is 6.54 Å². The number of pyridine rings is 1. The summed E-state index contributed by atoms with van der Waals surface area (Å²) in [6.45, 7) is 3.22. The Kier molecular flexibility index (Phi) is 5.63. The highest BCUT2D eigenvalue weighted by atomic mass is 16.2. The zero-order valence-electron chi connectivity index (χ0n) is 10.6. The summed E-state index contributed by atoms with van der Waals surface area (Å²) < 4.78 is 0. The molecule has 0 fully saturated rings. The molecule has 0 aliphatic rings. The van der Waals surface area contributed by atoms with Crippen molar-refractivity contribution in [2.45, 2.75) is 19.8 Å². The van der Waals surface area contributed by atoms with E-state index in [0.717, 1.165) is 19.4 Å². The molecule has 1 unspecified atom stereocenters. The number of carbonyl (C=O) groups is 1. The second-order valence-electron chi connectivity index (χ2n) is 4.34. The van der Waals surface area contributed by atoms with Crippen molar-refractivity contribution < 1.29 is 4.79 Å². The van der Waals surface area contributed by atoms with Gasteiger partial charge in [0.05, 0.1) is 0 Å². The normalized spacial score (nSPS) is 12.2. The first-order valence-electron chi connectivity index (χ1n) is 5.99. The zero-order valence-corrected chi connectivity index (χ0v) is 10.6. The van der Waals surface area contributed by atoms with Crippen LogP contribution in [0.3, 0.4) is 0 Å². The maximum absolute atomic E-state index is 11.9. The Hall–Kier alpha value is -1.42. The van der Waals surface area contributed by atoms with Crippen LogP contribution < -0.4 is 5.73 Å². The number of nitrogens with zero attached hydrogens (tertiary/aromatic N) is 2. The first-order chi connectivity index (χ1) is 8.15. The minimum absolute atomic E-state index is 0.0161. The third-order valence-electron chi connectivity index (χ3n) is 2.88. The van der Waals surface area contributed by atoms with Crippen LogP contribution in [-0.2, 0) is 11.2 Å². The van der Waals surface area contributed by atoms with Crippen LogP contribution in [0.15, 0.2) is 24.5 Å². The van der Waals surface area contributed by atoms with E-state index in [4.69, 9.17) is 5.73 Å². The Balaban J connectivity index is 2.39. The van der Waals surface area contributed by atoms with Crippen LogP contribution in [0.2, 0.25) is 0 Å². The third kappa shape index (κ3) is 4.53. The van der Waals surface area contributed by atoms with E-state index in [1.807, 2.05) is 26.1 Å². The Morgan fingerprint density at radius 1 is 1.47 bits per heavy atom. The van der Waals surface area contributed by atoms with Crippen molar-refractivity contribution in [3.8, 4) is 0 Å². The smallest absolute Gasteiger partial charge is 0.225 e. The molecule has 2 N–H and O–H groups in total. The minimum atomic E-state index is 0.0161. The van der Waals surface area contributed by atoms with Gasteiger partial charge in [0, 0.05) is 31.9 Å². The van der Waals surface area contributed by atoms with Crippen molar-refractivity contribution in [3.63, 3.8) is 0 Å². The molecular weight excluding hydrogens is 214 g/mol. The average molecular weight is 235 g/mol. The predicted octanol–water partition coefficient (Wildman–Crippen LogP) is 1.07. The number of hydrogen-bond donors (Lipinski definition) is 1. The van der Waals surface area contributed by atoms with Crippen molar-refractivity contribution >= 4 is 5.91 Å². The molecule has 0 bridgehead atoms. The van der Waals surface area contributed by atoms with Crippen LogP contribution in [0.1, 0.15) is 18.9 Å². The molecule has 0 saturated carbocycles. The molecule has 0 radical (unpaired) electrons. The summed E-state index contributed by atoms with van der Waals surface area (Å²) >= 11 is 0. The molecule has 1 amide bonds. The Bertz CT molecular complexity index is 340. The van der Waals surface area contributed by atoms with Gasteiger partial charge in [-0.25, -0.2) is 0 Å². The molecule has 4 heteroatoms. The summed E-state index contributed by atoms with van der Waals surface area (Å²) in [5, 5.41) is 0. The largest absolute Gasteiger partial charge is 0.345 e. The molecule has 94 valence electrons. The van der Waals surface area contributed by atoms with Gasteiger partial charge < -0.3 is 10.6 Å². The molecule has 0 spiro atoms. The van der Waals surface area contributed by atoms with Crippen molar-refractivity contribution in [3.05, 3.63) is 30.1 Å². The second-order valence-corrected chi connectivity index (χ2v) is 4.34. The summed E-state index contributed by atoms with van der Waals surface area (Å²) in [6.07, 6.45) is 5.15. The molecule has 1 rings (SSSR count). The summed E-state index contributed by atoms with van der Waals surface area (Å²) in [6, 6.07) is 3.95. The summed E-state index contributed by atoms with van der Waals surface area (Å²) in [5.74, 6) is 0.187. The number of aromatic nitrogens is 1. The molecule has 1 heterocycles. The van der Waals surface area contributed by atoms with Gasteiger partial charge in [0.2, 0.25) is 5.91 Å². The minimum Gasteiger partial charge on any atom is -0.345 e. The number of carbonyl (C=O) groups excluding carboxylic acids is 1. The Morgan fingerprint density at radius 2 is 2.12 bits per heavy atom. The maximum atomic E-state index is 11.9. The summed E-state index contributed by atoms with van der Waals surface area (Å²) in [5.41, 5.74) is 6.65. The van der Waals surface area contributed by atoms with Gasteiger partial charge >= 0.3 is 0 Å². The van der Waals surface area contributed by atoms with Crippen molar-refractivity contribution in [1.82, 2.24) is 9.88 Å². The highest BCUT2D eigenvalue weighted by Crippen LogP contribution is 2.06. The van der Waals surface area contributed by atoms with Crippen LogP contribution >= 0.6 is 0 Å². The zero-order chi connectivity index (χ0) is 12.7. The van der Waals surface area contributed by atoms with Gasteiger partial charge in [-0.05, 0) is 37.1 Å². The first-order valence-corrected chi connectivity index (χ1v) is 5.99. The SMILES string of the molecule is CC(CCN)C(=O)N(C)CCc1ccncc1. The van der Waals surface area contributed by atoms with Gasteiger partial charge in [-0.1, -0.05) is 6.92 Å². The van der Waals surface area contributed by atoms with Crippen molar-refractivity contribution in [1.29, 1.82) is 0 Å². The third-order valence-corrected chi connectivity index (χ3v) is 2.88. The van der Waals surface area contributed by atoms with E-state index in [-0.39, 0.29) is 11.8 Å². The van der Waals surface area contributed by atoms with Gasteiger partial charge in [-0.2, -0.15) is 0 Å². The number of likely N-dealkylation sites (N-methyl/N-ethyl adjacent to an activating group) is 1. The van der Waals surface area contributed by atoms with Gasteiger partial charge in [0.15, 0.2) is 0 Å². The van der Waals surface area contributed by atoms with Crippen molar-refractivity contribution in [2.75, 3.05) is 20.1 Å². The highest BCUT2D eigenvalue weighted by Gasteiger charge is 2.16. The van der Waals surface area contributed by atoms with Gasteiger partial charge in [-0.3, -0.25) is 9.78 Å². The molecule has 1 aromatic rings. The molecule has 4 nitrogen and oxygen atoms in total. The lowest BCUT2D eigenvalue weighted by molar-refractivity contribution is -0.133. The fourth-order valence-electron chi connectivity index (χ4n) is 1.71. The average Bonchev–Trinajstić information content (AvgIpc) is 2.36. The maximum Gasteiger partial charge on any atom is 0.225 e. The summed E-state index contributed by atoms with van der Waals surface area (Å²) in [4.78, 5) is 17.7. The van der Waals surface area contributed by atoms with Crippen LogP contribution in [0.4, 0.5) is 0 Å². The number of nitrogens with two attached hydrogens (primary N) is 1. The van der Waals surface area contributed by atoms with E-state index in [2.05, 4.69) is 4.98 Å². The predicted molar refractivity (Wildman–Crippen MR) is 68.4 cm³/mol. The fraction of sp³-hybridized carbons (Fsp3) is 0.538. The molecule has 17 heavy (non-hydrogen) atoms. The standard InChI is InChI=1S/C13H21N3O/c1-11(3-7-14)13(17)16(2)10-6-12-4-8-15-9-5-12/h4-5,8-9,11H,3,6-7,10,14H2,1-2H3. The second kappa shape index (κ2) is 7.01. The Morgan fingerprint density at radius 3 is 2.71 bits per heavy atom. The van der Waals surface area contributed by atoms with Crippen LogP contribution in [0.25, 0.3) is 0 Å². The van der Waals surface area contributed by atoms with E-state index < -0.39 is 0 Å². The fourth-order valence-corrected chi connectivity index (χ4v) is 1.71. The van der Waals surface area contributed by atoms with Crippen molar-refractivity contribution in [2.24, 2.45) is 11.7 Å². The molecule has 0 aromatic carbocycles. The van der Waals surface area contributed by atoms with Crippen LogP contribution in [0.5, 0.6) is 0 Å². The topological polar surface area (TPSA) is 59.2 Å². The summed E-state index contributed by atoms with van der Waals surface area (Å²) in [7, 11) is 1.84. The molecular formula is C13H21N3O. The van der Waals surface area contributed by atoms with Crippen LogP contribution in [-0.4, -0.2) is 35.9 Å². The van der Waals surface area contributed by atoms with E-state index in [1.165, 1.54) is 5.56 Å². The monoisotopic (exact) mass is 235 g/mol. The molecule has 0 aliphatic carbocycles.